The third kappa shape index (κ3) is 2.76. The molecule has 0 saturated heterocycles. The van der Waals surface area contributed by atoms with Gasteiger partial charge in [-0.1, -0.05) is 37.0 Å². The molecule has 2 aliphatic carbocycles. The van der Waals surface area contributed by atoms with E-state index in [2.05, 4.69) is 29.7 Å². The summed E-state index contributed by atoms with van der Waals surface area (Å²) in [6.45, 7) is 4.12. The van der Waals surface area contributed by atoms with E-state index >= 15 is 0 Å². The average molecular weight is 456 g/mol. The fourth-order valence-electron chi connectivity index (χ4n) is 5.18. The minimum Gasteiger partial charge on any atom is -0.272 e. The zero-order valence-electron chi connectivity index (χ0n) is 16.9. The molecule has 1 aromatic carbocycles. The number of carbonyl (C=O) groups excluding carboxylic acids is 2. The van der Waals surface area contributed by atoms with E-state index in [4.69, 9.17) is 33.2 Å². The third-order valence-electron chi connectivity index (χ3n) is 6.87. The topological polar surface area (TPSA) is 96.9 Å². The van der Waals surface area contributed by atoms with Gasteiger partial charge in [0.25, 0.3) is 11.8 Å². The number of aromatic nitrogens is 3. The van der Waals surface area contributed by atoms with Crippen molar-refractivity contribution < 1.29 is 9.59 Å². The van der Waals surface area contributed by atoms with Crippen molar-refractivity contribution >= 4 is 46.0 Å². The van der Waals surface area contributed by atoms with Crippen molar-refractivity contribution in [2.75, 3.05) is 0 Å². The fourth-order valence-corrected chi connectivity index (χ4v) is 5.49. The van der Waals surface area contributed by atoms with Crippen LogP contribution in [0.25, 0.3) is 11.0 Å². The number of fused-ring (bicyclic) bond motifs is 6. The summed E-state index contributed by atoms with van der Waals surface area (Å²) < 4.78 is 0. The second-order valence-electron chi connectivity index (χ2n) is 8.57. The van der Waals surface area contributed by atoms with E-state index in [0.717, 1.165) is 12.1 Å². The smallest absolute Gasteiger partial charge is 0.269 e. The van der Waals surface area contributed by atoms with Gasteiger partial charge in [-0.25, -0.2) is 9.97 Å². The summed E-state index contributed by atoms with van der Waals surface area (Å²) >= 11 is 12.3. The van der Waals surface area contributed by atoms with Crippen LogP contribution in [0.1, 0.15) is 54.4 Å². The van der Waals surface area contributed by atoms with E-state index in [-0.39, 0.29) is 11.8 Å². The lowest BCUT2D eigenvalue weighted by atomic mass is 9.68. The lowest BCUT2D eigenvalue weighted by Crippen LogP contribution is -2.54. The van der Waals surface area contributed by atoms with Crippen LogP contribution in [0.3, 0.4) is 0 Å². The molecule has 2 atom stereocenters. The van der Waals surface area contributed by atoms with Crippen LogP contribution < -0.4 is 10.9 Å². The highest BCUT2D eigenvalue weighted by Crippen LogP contribution is 2.67. The maximum absolute atomic E-state index is 13.5. The van der Waals surface area contributed by atoms with Gasteiger partial charge in [-0.05, 0) is 42.5 Å². The highest BCUT2D eigenvalue weighted by molar-refractivity contribution is 6.42. The number of pyridine rings is 1. The van der Waals surface area contributed by atoms with Crippen molar-refractivity contribution in [1.82, 2.24) is 25.8 Å². The Morgan fingerprint density at radius 1 is 1.03 bits per heavy atom. The van der Waals surface area contributed by atoms with Crippen LogP contribution in [-0.4, -0.2) is 26.8 Å². The van der Waals surface area contributed by atoms with Crippen LogP contribution in [0.2, 0.25) is 10.0 Å². The largest absolute Gasteiger partial charge is 0.272 e. The molecule has 31 heavy (non-hydrogen) atoms. The van der Waals surface area contributed by atoms with Gasteiger partial charge in [-0.3, -0.25) is 25.4 Å². The molecular formula is C22H19Cl2N5O2. The Bertz CT molecular complexity index is 1250. The highest BCUT2D eigenvalue weighted by Gasteiger charge is 2.68. The average Bonchev–Trinajstić information content (AvgIpc) is 3.13. The first-order valence-electron chi connectivity index (χ1n) is 9.93. The first-order chi connectivity index (χ1) is 14.8. The zero-order chi connectivity index (χ0) is 22.0. The second kappa shape index (κ2) is 6.87. The van der Waals surface area contributed by atoms with E-state index in [1.807, 2.05) is 0 Å². The van der Waals surface area contributed by atoms with E-state index in [0.29, 0.717) is 38.8 Å². The van der Waals surface area contributed by atoms with Crippen molar-refractivity contribution in [3.8, 4) is 0 Å². The maximum Gasteiger partial charge on any atom is 0.269 e. The number of nitrogens with zero attached hydrogens (tertiary/aromatic N) is 3. The van der Waals surface area contributed by atoms with Gasteiger partial charge in [0.15, 0.2) is 0 Å². The normalized spacial score (nSPS) is 22.9. The Kier molecular flexibility index (Phi) is 4.46. The summed E-state index contributed by atoms with van der Waals surface area (Å²) in [5.74, 6) is -0.630. The van der Waals surface area contributed by atoms with Crippen molar-refractivity contribution in [1.29, 1.82) is 0 Å². The van der Waals surface area contributed by atoms with Crippen molar-refractivity contribution in [3.63, 3.8) is 0 Å². The molecule has 2 aliphatic rings. The van der Waals surface area contributed by atoms with E-state index in [9.17, 15) is 9.59 Å². The summed E-state index contributed by atoms with van der Waals surface area (Å²) in [6, 6.07) is 6.52. The summed E-state index contributed by atoms with van der Waals surface area (Å²) in [7, 11) is 0. The monoisotopic (exact) mass is 455 g/mol. The second-order valence-corrected chi connectivity index (χ2v) is 9.39. The highest BCUT2D eigenvalue weighted by atomic mass is 35.5. The Morgan fingerprint density at radius 3 is 2.35 bits per heavy atom. The minimum absolute atomic E-state index is 0.0792. The first-order valence-corrected chi connectivity index (χ1v) is 10.7. The van der Waals surface area contributed by atoms with Gasteiger partial charge in [0.05, 0.1) is 32.5 Å². The molecule has 2 heterocycles. The number of rotatable bonds is 2. The molecule has 2 N–H and O–H groups in total. The molecule has 2 bridgehead atoms. The number of carbonyl (C=O) groups is 2. The van der Waals surface area contributed by atoms with Crippen LogP contribution in [0.4, 0.5) is 0 Å². The molecule has 0 aliphatic heterocycles. The molecule has 9 heteroatoms. The number of hydrogen-bond donors (Lipinski definition) is 2. The molecule has 2 amide bonds. The van der Waals surface area contributed by atoms with Gasteiger partial charge < -0.3 is 0 Å². The molecule has 1 fully saturated rings. The van der Waals surface area contributed by atoms with Gasteiger partial charge in [-0.2, -0.15) is 0 Å². The molecular weight excluding hydrogens is 437 g/mol. The zero-order valence-corrected chi connectivity index (χ0v) is 18.4. The summed E-state index contributed by atoms with van der Waals surface area (Å²) in [5.41, 5.74) is 6.93. The lowest BCUT2D eigenvalue weighted by Gasteiger charge is -2.36. The fraction of sp³-hybridized carbons (Fsp3) is 0.318. The summed E-state index contributed by atoms with van der Waals surface area (Å²) in [4.78, 5) is 39.5. The molecule has 2 unspecified atom stereocenters. The predicted molar refractivity (Wildman–Crippen MR) is 117 cm³/mol. The minimum atomic E-state index is -0.911. The molecule has 5 rings (SSSR count). The lowest BCUT2D eigenvalue weighted by molar-refractivity contribution is -0.130. The number of amides is 2. The maximum atomic E-state index is 13.5. The summed E-state index contributed by atoms with van der Waals surface area (Å²) in [5, 5.41) is 0.797. The molecule has 1 saturated carbocycles. The number of benzene rings is 1. The number of hydrogen-bond acceptors (Lipinski definition) is 5. The van der Waals surface area contributed by atoms with E-state index in [1.54, 1.807) is 24.3 Å². The Hall–Kier alpha value is -2.77. The predicted octanol–water partition coefficient (Wildman–Crippen LogP) is 3.95. The van der Waals surface area contributed by atoms with Crippen LogP contribution in [0.5, 0.6) is 0 Å². The van der Waals surface area contributed by atoms with Crippen LogP contribution in [0, 0.1) is 5.41 Å². The molecule has 2 aromatic heterocycles. The van der Waals surface area contributed by atoms with Crippen LogP contribution >= 0.6 is 23.2 Å². The molecule has 7 nitrogen and oxygen atoms in total. The Morgan fingerprint density at radius 2 is 1.68 bits per heavy atom. The molecule has 3 aromatic rings. The Balaban J connectivity index is 1.53. The third-order valence-corrected chi connectivity index (χ3v) is 7.59. The molecule has 158 valence electrons. The first kappa shape index (κ1) is 20.2. The van der Waals surface area contributed by atoms with Gasteiger partial charge in [0, 0.05) is 23.9 Å². The molecule has 0 spiro atoms. The number of hydrazine groups is 1. The van der Waals surface area contributed by atoms with Gasteiger partial charge >= 0.3 is 0 Å². The SMILES string of the molecule is CC1(C)C2CCC1(C(=O)NNC(=O)c1ccncc1)c1nc3cc(Cl)c(Cl)cc3nc12. The van der Waals surface area contributed by atoms with Crippen LogP contribution in [0.15, 0.2) is 36.7 Å². The van der Waals surface area contributed by atoms with Crippen molar-refractivity contribution in [2.24, 2.45) is 5.41 Å². The van der Waals surface area contributed by atoms with Gasteiger partial charge in [-0.15, -0.1) is 0 Å². The summed E-state index contributed by atoms with van der Waals surface area (Å²) in [6.07, 6.45) is 4.47. The van der Waals surface area contributed by atoms with Gasteiger partial charge in [0.1, 0.15) is 5.41 Å². The Labute approximate surface area is 188 Å². The van der Waals surface area contributed by atoms with Crippen LogP contribution in [-0.2, 0) is 10.2 Å². The molecule has 0 radical (unpaired) electrons. The number of nitrogens with one attached hydrogen (secondary N) is 2. The standard InChI is InChI=1S/C22H19Cl2N5O2/c1-21(2)12-3-6-22(21,20(31)29-28-19(30)11-4-7-25-8-5-11)18-17(12)26-15-9-13(23)14(24)10-16(15)27-18/h4-5,7-10,12H,3,6H2,1-2H3,(H,28,30)(H,29,31). The van der Waals surface area contributed by atoms with Crippen molar-refractivity contribution in [3.05, 3.63) is 63.7 Å². The van der Waals surface area contributed by atoms with Gasteiger partial charge in [0.2, 0.25) is 0 Å². The quantitative estimate of drug-likeness (QED) is 0.570. The van der Waals surface area contributed by atoms with E-state index in [1.165, 1.54) is 12.4 Å². The van der Waals surface area contributed by atoms with E-state index < -0.39 is 16.7 Å². The number of halogens is 2. The van der Waals surface area contributed by atoms with Crippen molar-refractivity contribution in [2.45, 2.75) is 38.0 Å².